The average Bonchev–Trinajstić information content (AvgIpc) is 3.59. The number of aliphatic hydroxyl groups is 2. The van der Waals surface area contributed by atoms with Crippen LogP contribution in [0, 0.1) is 0 Å². The van der Waals surface area contributed by atoms with Gasteiger partial charge in [0.15, 0.2) is 38.9 Å². The van der Waals surface area contributed by atoms with E-state index in [-0.39, 0.29) is 22.5 Å². The fraction of sp³-hybridized carbons (Fsp3) is 0.688. The van der Waals surface area contributed by atoms with Crippen LogP contribution in [0.1, 0.15) is 42.7 Å². The summed E-state index contributed by atoms with van der Waals surface area (Å²) in [5.41, 5.74) is 0.276. The Kier molecular flexibility index (Phi) is 6.90. The van der Waals surface area contributed by atoms with Crippen molar-refractivity contribution in [1.29, 1.82) is 0 Å². The summed E-state index contributed by atoms with van der Waals surface area (Å²) in [5.74, 6) is -1.45. The molecule has 0 radical (unpaired) electrons. The molecule has 1 unspecified atom stereocenters. The molecule has 0 bridgehead atoms. The molecule has 202 valence electrons. The van der Waals surface area contributed by atoms with Crippen molar-refractivity contribution < 1.29 is 37.7 Å². The van der Waals surface area contributed by atoms with E-state index < -0.39 is 58.5 Å². The Morgan fingerprint density at radius 2 is 1.92 bits per heavy atom. The number of tetrazole rings is 1. The van der Waals surface area contributed by atoms with Gasteiger partial charge in [0.05, 0.1) is 5.75 Å². The van der Waals surface area contributed by atoms with E-state index in [0.29, 0.717) is 5.82 Å². The molecule has 1 aliphatic carbocycles. The van der Waals surface area contributed by atoms with Crippen molar-refractivity contribution >= 4 is 46.0 Å². The van der Waals surface area contributed by atoms with Crippen molar-refractivity contribution in [2.45, 2.75) is 61.3 Å². The highest BCUT2D eigenvalue weighted by Crippen LogP contribution is 2.54. The van der Waals surface area contributed by atoms with Crippen LogP contribution < -0.4 is 5.32 Å². The second-order valence-corrected chi connectivity index (χ2v) is 13.3. The predicted molar refractivity (Wildman–Crippen MR) is 123 cm³/mol. The summed E-state index contributed by atoms with van der Waals surface area (Å²) in [6.07, 6.45) is -2.55. The number of ether oxygens (including phenoxy) is 1. The number of nitrogens with zero attached hydrogens (tertiary/aromatic N) is 8. The number of halogens is 1. The van der Waals surface area contributed by atoms with Crippen molar-refractivity contribution in [3.8, 4) is 0 Å². The van der Waals surface area contributed by atoms with E-state index in [4.69, 9.17) is 16.3 Å². The fourth-order valence-electron chi connectivity index (χ4n) is 4.54. The number of hydrogen-bond acceptors (Lipinski definition) is 14. The van der Waals surface area contributed by atoms with E-state index in [9.17, 15) is 33.0 Å². The number of aliphatic hydroxyl groups excluding tert-OH is 2. The largest absolute Gasteiger partial charge is 0.387 e. The summed E-state index contributed by atoms with van der Waals surface area (Å²) in [5, 5.41) is 44.0. The van der Waals surface area contributed by atoms with E-state index >= 15 is 0 Å². The molecule has 6 N–H and O–H groups in total. The van der Waals surface area contributed by atoms with Crippen molar-refractivity contribution in [2.24, 2.45) is 0 Å². The predicted octanol–water partition coefficient (Wildman–Crippen LogP) is -1.35. The number of nitrogens with one attached hydrogen (secondary N) is 2. The molecule has 0 amide bonds. The summed E-state index contributed by atoms with van der Waals surface area (Å²) >= 11 is 6.10. The Morgan fingerprint density at radius 3 is 2.57 bits per heavy atom. The van der Waals surface area contributed by atoms with Gasteiger partial charge in [0.1, 0.15) is 18.3 Å². The maximum atomic E-state index is 13.0. The molecule has 21 heteroatoms. The van der Waals surface area contributed by atoms with Crippen molar-refractivity contribution in [2.75, 3.05) is 11.1 Å². The maximum Gasteiger partial charge on any atom is 0.351 e. The quantitative estimate of drug-likeness (QED) is 0.133. The van der Waals surface area contributed by atoms with Crippen molar-refractivity contribution in [3.05, 3.63) is 11.1 Å². The molecule has 2 fully saturated rings. The molecule has 3 aromatic rings. The van der Waals surface area contributed by atoms with Gasteiger partial charge in [0.2, 0.25) is 10.3 Å². The first kappa shape index (κ1) is 26.2. The molecule has 0 spiro atoms. The molecule has 1 saturated carbocycles. The van der Waals surface area contributed by atoms with Gasteiger partial charge in [-0.2, -0.15) is 14.6 Å². The highest BCUT2D eigenvalue weighted by molar-refractivity contribution is 7.97. The van der Waals surface area contributed by atoms with Gasteiger partial charge in [0, 0.05) is 6.04 Å². The highest BCUT2D eigenvalue weighted by Gasteiger charge is 2.51. The zero-order valence-corrected chi connectivity index (χ0v) is 21.2. The number of H-pyrrole nitrogens is 1. The monoisotopic (exact) mass is 580 g/mol. The van der Waals surface area contributed by atoms with Crippen LogP contribution in [0.25, 0.3) is 11.2 Å². The lowest BCUT2D eigenvalue weighted by Crippen LogP contribution is -2.36. The minimum Gasteiger partial charge on any atom is -0.387 e. The Balaban J connectivity index is 1.42. The Labute approximate surface area is 212 Å². The van der Waals surface area contributed by atoms with Gasteiger partial charge >= 0.3 is 7.60 Å². The number of rotatable bonds is 8. The Bertz CT molecular complexity index is 1430. The standard InChI is InChI=1S/C16H22ClN10O8PS/c17-16-19-11(18-6-3-1-2-4-6)8-13(20-16)27(26-21-8)14-10(29)9(28)7(35-14)5-37(33,34)15(36(30,31)32)12-22-24-25-23-12/h6-7,9-10,14-15,28-29H,1-5H2,(H,18,19,20)(H2,30,31,32)(H,22,23,24,25)/t7-,9-,10-,14-,15?/m1/s1. The summed E-state index contributed by atoms with van der Waals surface area (Å²) in [4.78, 5) is 25.2. The topological polar surface area (TPSA) is 264 Å². The van der Waals surface area contributed by atoms with Crippen LogP contribution in [0.3, 0.4) is 0 Å². The van der Waals surface area contributed by atoms with Crippen LogP contribution in [0.5, 0.6) is 0 Å². The minimum atomic E-state index is -5.33. The van der Waals surface area contributed by atoms with Gasteiger partial charge in [0.25, 0.3) is 0 Å². The zero-order chi connectivity index (χ0) is 26.5. The lowest BCUT2D eigenvalue weighted by molar-refractivity contribution is -0.0375. The Hall–Kier alpha value is -2.38. The van der Waals surface area contributed by atoms with Crippen LogP contribution in [0.2, 0.25) is 5.28 Å². The first-order valence-corrected chi connectivity index (χ1v) is 14.8. The molecule has 5 rings (SSSR count). The van der Waals surface area contributed by atoms with Crippen LogP contribution in [-0.2, 0) is 19.1 Å². The molecule has 37 heavy (non-hydrogen) atoms. The van der Waals surface area contributed by atoms with E-state index in [2.05, 4.69) is 41.1 Å². The molecule has 0 aromatic carbocycles. The normalized spacial score (nSPS) is 26.2. The third kappa shape index (κ3) is 5.05. The Morgan fingerprint density at radius 1 is 1.19 bits per heavy atom. The van der Waals surface area contributed by atoms with Gasteiger partial charge < -0.3 is 30.1 Å². The summed E-state index contributed by atoms with van der Waals surface area (Å²) in [7, 11) is -10.1. The summed E-state index contributed by atoms with van der Waals surface area (Å²) in [6.45, 7) is 0. The number of hydrogen-bond donors (Lipinski definition) is 6. The van der Waals surface area contributed by atoms with Gasteiger partial charge in [-0.1, -0.05) is 18.1 Å². The second-order valence-electron chi connectivity index (χ2n) is 8.78. The first-order valence-electron chi connectivity index (χ1n) is 11.0. The molecular weight excluding hydrogens is 559 g/mol. The van der Waals surface area contributed by atoms with Gasteiger partial charge in [-0.3, -0.25) is 4.57 Å². The van der Waals surface area contributed by atoms with Crippen LogP contribution in [0.15, 0.2) is 0 Å². The molecule has 1 saturated heterocycles. The number of sulfone groups is 1. The highest BCUT2D eigenvalue weighted by atomic mass is 35.5. The van der Waals surface area contributed by atoms with Crippen molar-refractivity contribution in [3.63, 3.8) is 0 Å². The average molecular weight is 581 g/mol. The molecular formula is C16H22ClN10O8PS. The van der Waals surface area contributed by atoms with Crippen LogP contribution in [0.4, 0.5) is 5.82 Å². The van der Waals surface area contributed by atoms with E-state index in [1.807, 2.05) is 5.10 Å². The number of fused-ring (bicyclic) bond motifs is 1. The van der Waals surface area contributed by atoms with Gasteiger partial charge in [-0.25, -0.2) is 13.5 Å². The van der Waals surface area contributed by atoms with Gasteiger partial charge in [-0.05, 0) is 34.9 Å². The summed E-state index contributed by atoms with van der Waals surface area (Å²) in [6, 6.07) is 0.158. The first-order chi connectivity index (χ1) is 17.5. The lowest BCUT2D eigenvalue weighted by atomic mass is 10.1. The maximum absolute atomic E-state index is 13.0. The fourth-order valence-corrected chi connectivity index (χ4v) is 8.42. The minimum absolute atomic E-state index is 0.0566. The third-order valence-corrected chi connectivity index (χ3v) is 10.7. The molecule has 1 aliphatic heterocycles. The molecule has 3 aromatic heterocycles. The van der Waals surface area contributed by atoms with Crippen LogP contribution >= 0.6 is 19.2 Å². The smallest absolute Gasteiger partial charge is 0.351 e. The van der Waals surface area contributed by atoms with Crippen molar-refractivity contribution in [1.82, 2.24) is 45.6 Å². The van der Waals surface area contributed by atoms with E-state index in [0.717, 1.165) is 30.4 Å². The second kappa shape index (κ2) is 9.73. The van der Waals surface area contributed by atoms with Crippen LogP contribution in [-0.4, -0.2) is 104 Å². The third-order valence-electron chi connectivity index (χ3n) is 6.21. The van der Waals surface area contributed by atoms with Gasteiger partial charge in [-0.15, -0.1) is 10.2 Å². The molecule has 4 heterocycles. The number of anilines is 1. The zero-order valence-electron chi connectivity index (χ0n) is 18.7. The molecule has 2 aliphatic rings. The SMILES string of the molecule is O=P(O)(O)C(c1nnn[nH]1)S(=O)(=O)C[C@H]1O[C@@H](n2nnc3c(NC4CCCC4)nc(Cl)nc32)[C@H](O)[C@@H]1O. The molecule has 18 nitrogen and oxygen atoms in total. The summed E-state index contributed by atoms with van der Waals surface area (Å²) < 4.78 is 44.6. The number of aromatic amines is 1. The van der Waals surface area contributed by atoms with E-state index in [1.54, 1.807) is 0 Å². The lowest BCUT2D eigenvalue weighted by Gasteiger charge is -2.20. The number of aromatic nitrogens is 9. The van der Waals surface area contributed by atoms with E-state index in [1.165, 1.54) is 0 Å². The molecule has 5 atom stereocenters.